The molecule has 3 aromatic rings. The minimum absolute atomic E-state index is 0.290. The third-order valence-electron chi connectivity index (χ3n) is 3.92. The molecule has 2 N–H and O–H groups in total. The van der Waals surface area contributed by atoms with E-state index in [1.165, 1.54) is 23.9 Å². The average Bonchev–Trinajstić information content (AvgIpc) is 2.71. The quantitative estimate of drug-likeness (QED) is 0.614. The van der Waals surface area contributed by atoms with E-state index in [2.05, 4.69) is 10.6 Å². The lowest BCUT2D eigenvalue weighted by Crippen LogP contribution is -2.36. The van der Waals surface area contributed by atoms with Gasteiger partial charge in [-0.25, -0.2) is 4.39 Å². The molecule has 0 heterocycles. The van der Waals surface area contributed by atoms with E-state index in [0.717, 1.165) is 15.4 Å². The van der Waals surface area contributed by atoms with E-state index in [1.54, 1.807) is 24.3 Å². The molecule has 0 aliphatic carbocycles. The number of halogens is 1. The van der Waals surface area contributed by atoms with E-state index in [-0.39, 0.29) is 12.4 Å². The van der Waals surface area contributed by atoms with Crippen LogP contribution in [0.4, 0.5) is 10.1 Å². The minimum Gasteiger partial charge on any atom is -0.347 e. The van der Waals surface area contributed by atoms with Gasteiger partial charge in [0.15, 0.2) is 0 Å². The number of nitrogens with one attached hydrogen (secondary N) is 2. The monoisotopic (exact) mass is 394 g/mol. The maximum absolute atomic E-state index is 12.9. The molecule has 3 aromatic carbocycles. The molecule has 6 heteroatoms. The SMILES string of the molecule is O=C(NCCc1ccc(F)cc1)C(=O)Nc1ccccc1Sc1ccccc1. The van der Waals surface area contributed by atoms with Crippen molar-refractivity contribution < 1.29 is 14.0 Å². The van der Waals surface area contributed by atoms with Crippen LogP contribution in [0.3, 0.4) is 0 Å². The number of carbonyl (C=O) groups excluding carboxylic acids is 2. The highest BCUT2D eigenvalue weighted by Gasteiger charge is 2.15. The van der Waals surface area contributed by atoms with Crippen LogP contribution in [0.25, 0.3) is 0 Å². The fourth-order valence-corrected chi connectivity index (χ4v) is 3.43. The number of rotatable bonds is 6. The maximum Gasteiger partial charge on any atom is 0.313 e. The van der Waals surface area contributed by atoms with Crippen molar-refractivity contribution >= 4 is 29.3 Å². The summed E-state index contributed by atoms with van der Waals surface area (Å²) in [6, 6.07) is 23.1. The highest BCUT2D eigenvalue weighted by molar-refractivity contribution is 7.99. The van der Waals surface area contributed by atoms with Gasteiger partial charge in [-0.15, -0.1) is 0 Å². The molecular formula is C22H19FN2O2S. The van der Waals surface area contributed by atoms with Crippen molar-refractivity contribution in [2.75, 3.05) is 11.9 Å². The van der Waals surface area contributed by atoms with Gasteiger partial charge in [-0.3, -0.25) is 9.59 Å². The summed E-state index contributed by atoms with van der Waals surface area (Å²) in [6.45, 7) is 0.290. The number of hydrogen-bond donors (Lipinski definition) is 2. The molecule has 0 aliphatic rings. The summed E-state index contributed by atoms with van der Waals surface area (Å²) in [5, 5.41) is 5.25. The third kappa shape index (κ3) is 5.69. The largest absolute Gasteiger partial charge is 0.347 e. The number of hydrogen-bond acceptors (Lipinski definition) is 3. The molecular weight excluding hydrogens is 375 g/mol. The van der Waals surface area contributed by atoms with Crippen molar-refractivity contribution in [1.29, 1.82) is 0 Å². The second-order valence-electron chi connectivity index (χ2n) is 6.00. The zero-order chi connectivity index (χ0) is 19.8. The predicted octanol–water partition coefficient (Wildman–Crippen LogP) is 4.27. The summed E-state index contributed by atoms with van der Waals surface area (Å²) in [5.41, 5.74) is 1.46. The van der Waals surface area contributed by atoms with E-state index in [0.29, 0.717) is 12.1 Å². The molecule has 28 heavy (non-hydrogen) atoms. The number of amides is 2. The summed E-state index contributed by atoms with van der Waals surface area (Å²) < 4.78 is 12.9. The Morgan fingerprint density at radius 3 is 2.25 bits per heavy atom. The van der Waals surface area contributed by atoms with Crippen LogP contribution in [0.1, 0.15) is 5.56 Å². The average molecular weight is 394 g/mol. The molecule has 142 valence electrons. The standard InChI is InChI=1S/C22H19FN2O2S/c23-17-12-10-16(11-13-17)14-15-24-21(26)22(27)25-19-8-4-5-9-20(19)28-18-6-2-1-3-7-18/h1-13H,14-15H2,(H,24,26)(H,25,27). The van der Waals surface area contributed by atoms with E-state index < -0.39 is 11.8 Å². The van der Waals surface area contributed by atoms with Crippen molar-refractivity contribution in [3.8, 4) is 0 Å². The molecule has 0 atom stereocenters. The molecule has 0 saturated carbocycles. The topological polar surface area (TPSA) is 58.2 Å². The summed E-state index contributed by atoms with van der Waals surface area (Å²) >= 11 is 1.51. The van der Waals surface area contributed by atoms with Crippen LogP contribution >= 0.6 is 11.8 Å². The molecule has 0 unspecified atom stereocenters. The van der Waals surface area contributed by atoms with E-state index in [9.17, 15) is 14.0 Å². The second-order valence-corrected chi connectivity index (χ2v) is 7.11. The fraction of sp³-hybridized carbons (Fsp3) is 0.0909. The maximum atomic E-state index is 12.9. The van der Waals surface area contributed by atoms with Gasteiger partial charge in [0.25, 0.3) is 0 Å². The summed E-state index contributed by atoms with van der Waals surface area (Å²) in [4.78, 5) is 26.2. The Morgan fingerprint density at radius 2 is 1.50 bits per heavy atom. The van der Waals surface area contributed by atoms with Crippen LogP contribution in [0.15, 0.2) is 88.7 Å². The van der Waals surface area contributed by atoms with E-state index in [1.807, 2.05) is 42.5 Å². The molecule has 4 nitrogen and oxygen atoms in total. The molecule has 0 bridgehead atoms. The molecule has 0 aromatic heterocycles. The van der Waals surface area contributed by atoms with Crippen molar-refractivity contribution in [3.05, 3.63) is 90.2 Å². The third-order valence-corrected chi connectivity index (χ3v) is 5.01. The van der Waals surface area contributed by atoms with Gasteiger partial charge < -0.3 is 10.6 Å². The molecule has 0 spiro atoms. The van der Waals surface area contributed by atoms with Gasteiger partial charge in [-0.1, -0.05) is 54.2 Å². The first kappa shape index (κ1) is 19.6. The first-order valence-electron chi connectivity index (χ1n) is 8.77. The zero-order valence-electron chi connectivity index (χ0n) is 15.0. The number of carbonyl (C=O) groups is 2. The minimum atomic E-state index is -0.722. The first-order valence-corrected chi connectivity index (χ1v) is 9.59. The Balaban J connectivity index is 1.55. The molecule has 0 aliphatic heterocycles. The highest BCUT2D eigenvalue weighted by atomic mass is 32.2. The highest BCUT2D eigenvalue weighted by Crippen LogP contribution is 2.33. The number of para-hydroxylation sites is 1. The lowest BCUT2D eigenvalue weighted by molar-refractivity contribution is -0.136. The lowest BCUT2D eigenvalue weighted by Gasteiger charge is -2.11. The first-order chi connectivity index (χ1) is 13.6. The molecule has 2 amide bonds. The van der Waals surface area contributed by atoms with Gasteiger partial charge >= 0.3 is 11.8 Å². The van der Waals surface area contributed by atoms with Crippen molar-refractivity contribution in [2.24, 2.45) is 0 Å². The van der Waals surface area contributed by atoms with Gasteiger partial charge in [0.1, 0.15) is 5.82 Å². The Kier molecular flexibility index (Phi) is 6.81. The summed E-state index contributed by atoms with van der Waals surface area (Å²) in [7, 11) is 0. The Bertz CT molecular complexity index is 946. The van der Waals surface area contributed by atoms with Gasteiger partial charge in [-0.2, -0.15) is 0 Å². The van der Waals surface area contributed by atoms with Crippen LogP contribution in [-0.2, 0) is 16.0 Å². The van der Waals surface area contributed by atoms with Crippen LogP contribution in [0, 0.1) is 5.82 Å². The number of anilines is 1. The molecule has 0 fully saturated rings. The van der Waals surface area contributed by atoms with Gasteiger partial charge in [0.05, 0.1) is 5.69 Å². The van der Waals surface area contributed by atoms with E-state index >= 15 is 0 Å². The summed E-state index contributed by atoms with van der Waals surface area (Å²) in [6.07, 6.45) is 0.514. The van der Waals surface area contributed by atoms with Crippen LogP contribution < -0.4 is 10.6 Å². The van der Waals surface area contributed by atoms with Gasteiger partial charge in [0, 0.05) is 16.3 Å². The van der Waals surface area contributed by atoms with Crippen molar-refractivity contribution in [2.45, 2.75) is 16.2 Å². The number of benzene rings is 3. The fourth-order valence-electron chi connectivity index (χ4n) is 2.51. The Morgan fingerprint density at radius 1 is 0.821 bits per heavy atom. The van der Waals surface area contributed by atoms with E-state index in [4.69, 9.17) is 0 Å². The Hall–Kier alpha value is -3.12. The zero-order valence-corrected chi connectivity index (χ0v) is 15.8. The molecule has 0 radical (unpaired) electrons. The van der Waals surface area contributed by atoms with Crippen LogP contribution in [0.5, 0.6) is 0 Å². The summed E-state index contributed by atoms with van der Waals surface area (Å²) in [5.74, 6) is -1.74. The predicted molar refractivity (Wildman–Crippen MR) is 109 cm³/mol. The molecule has 0 saturated heterocycles. The normalized spacial score (nSPS) is 10.3. The van der Waals surface area contributed by atoms with Crippen LogP contribution in [-0.4, -0.2) is 18.4 Å². The van der Waals surface area contributed by atoms with Crippen LogP contribution in [0.2, 0.25) is 0 Å². The van der Waals surface area contributed by atoms with Gasteiger partial charge in [-0.05, 0) is 48.4 Å². The smallest absolute Gasteiger partial charge is 0.313 e. The van der Waals surface area contributed by atoms with Gasteiger partial charge in [0.2, 0.25) is 0 Å². The van der Waals surface area contributed by atoms with Crippen molar-refractivity contribution in [1.82, 2.24) is 5.32 Å². The molecule has 3 rings (SSSR count). The Labute approximate surface area is 167 Å². The lowest BCUT2D eigenvalue weighted by atomic mass is 10.1. The second kappa shape index (κ2) is 9.71. The van der Waals surface area contributed by atoms with Crippen molar-refractivity contribution in [3.63, 3.8) is 0 Å².